The molecule has 6 rings (SSSR count). The molecule has 186 valence electrons. The number of nitrogens with zero attached hydrogens (tertiary/aromatic N) is 3. The van der Waals surface area contributed by atoms with Gasteiger partial charge in [0.2, 0.25) is 0 Å². The summed E-state index contributed by atoms with van der Waals surface area (Å²) in [4.78, 5) is 19.5. The molecule has 6 nitrogen and oxygen atoms in total. The largest absolute Gasteiger partial charge is 0.495 e. The third-order valence-electron chi connectivity index (χ3n) is 7.38. The predicted octanol–water partition coefficient (Wildman–Crippen LogP) is 5.24. The number of carbonyl (C=O) groups is 1. The molecule has 3 heterocycles. The van der Waals surface area contributed by atoms with Crippen LogP contribution in [0.4, 0.5) is 13.2 Å². The van der Waals surface area contributed by atoms with Crippen LogP contribution in [0.25, 0.3) is 11.8 Å². The SMILES string of the molecule is COc1cc(/C=C2\OC3(CC3)C3CCC(c4cc(F)c(F)c(F)c4)N3C2=O)ccc1-n1cnc(C)c1. The minimum atomic E-state index is -1.51. The van der Waals surface area contributed by atoms with Crippen LogP contribution >= 0.6 is 0 Å². The molecule has 3 aliphatic rings. The summed E-state index contributed by atoms with van der Waals surface area (Å²) >= 11 is 0. The van der Waals surface area contributed by atoms with Gasteiger partial charge in [-0.1, -0.05) is 6.07 Å². The molecule has 3 aromatic rings. The summed E-state index contributed by atoms with van der Waals surface area (Å²) in [5.41, 5.74) is 2.13. The topological polar surface area (TPSA) is 56.6 Å². The molecule has 3 fully saturated rings. The van der Waals surface area contributed by atoms with Crippen molar-refractivity contribution in [3.05, 3.63) is 82.9 Å². The molecule has 9 heteroatoms. The van der Waals surface area contributed by atoms with Gasteiger partial charge >= 0.3 is 0 Å². The molecular weight excluding hydrogens is 471 g/mol. The Morgan fingerprint density at radius 1 is 1.14 bits per heavy atom. The molecule has 1 saturated carbocycles. The summed E-state index contributed by atoms with van der Waals surface area (Å²) < 4.78 is 55.3. The van der Waals surface area contributed by atoms with Gasteiger partial charge in [0.25, 0.3) is 5.91 Å². The molecule has 2 aliphatic heterocycles. The Bertz CT molecular complexity index is 1390. The fourth-order valence-corrected chi connectivity index (χ4v) is 5.51. The molecule has 0 radical (unpaired) electrons. The van der Waals surface area contributed by atoms with Crippen molar-refractivity contribution in [2.24, 2.45) is 0 Å². The van der Waals surface area contributed by atoms with Gasteiger partial charge < -0.3 is 18.9 Å². The van der Waals surface area contributed by atoms with Crippen LogP contribution in [0, 0.1) is 24.4 Å². The summed E-state index contributed by atoms with van der Waals surface area (Å²) in [5.74, 6) is -3.60. The zero-order valence-corrected chi connectivity index (χ0v) is 19.8. The first-order valence-electron chi connectivity index (χ1n) is 11.9. The number of morpholine rings is 1. The number of ether oxygens (including phenoxy) is 2. The Labute approximate surface area is 206 Å². The third kappa shape index (κ3) is 3.56. The van der Waals surface area contributed by atoms with Gasteiger partial charge in [-0.25, -0.2) is 18.2 Å². The number of methoxy groups -OCH3 is 1. The number of aromatic nitrogens is 2. The van der Waals surface area contributed by atoms with Crippen molar-refractivity contribution in [3.8, 4) is 11.4 Å². The average molecular weight is 496 g/mol. The summed E-state index contributed by atoms with van der Waals surface area (Å²) in [6, 6.07) is 6.76. The highest BCUT2D eigenvalue weighted by Crippen LogP contribution is 2.56. The third-order valence-corrected chi connectivity index (χ3v) is 7.38. The van der Waals surface area contributed by atoms with Gasteiger partial charge in [-0.15, -0.1) is 0 Å². The minimum Gasteiger partial charge on any atom is -0.495 e. The van der Waals surface area contributed by atoms with Crippen LogP contribution in [-0.4, -0.2) is 39.1 Å². The molecular formula is C27H24F3N3O3. The highest BCUT2D eigenvalue weighted by atomic mass is 19.2. The van der Waals surface area contributed by atoms with E-state index in [1.807, 2.05) is 35.9 Å². The normalized spacial score (nSPS) is 23.2. The van der Waals surface area contributed by atoms with Crippen molar-refractivity contribution < 1.29 is 27.4 Å². The maximum atomic E-state index is 14.0. The van der Waals surface area contributed by atoms with Crippen LogP contribution in [0.5, 0.6) is 5.75 Å². The predicted molar refractivity (Wildman–Crippen MR) is 125 cm³/mol. The van der Waals surface area contributed by atoms with Gasteiger partial charge in [-0.2, -0.15) is 0 Å². The Morgan fingerprint density at radius 3 is 2.53 bits per heavy atom. The Hall–Kier alpha value is -3.75. The summed E-state index contributed by atoms with van der Waals surface area (Å²) in [5, 5.41) is 0. The van der Waals surface area contributed by atoms with Crippen molar-refractivity contribution in [3.63, 3.8) is 0 Å². The number of carbonyl (C=O) groups excluding carboxylic acids is 1. The molecule has 1 aromatic heterocycles. The summed E-state index contributed by atoms with van der Waals surface area (Å²) in [6.45, 7) is 1.90. The lowest BCUT2D eigenvalue weighted by molar-refractivity contribution is -0.148. The van der Waals surface area contributed by atoms with Crippen LogP contribution in [-0.2, 0) is 9.53 Å². The van der Waals surface area contributed by atoms with Gasteiger partial charge in [0.05, 0.1) is 36.9 Å². The van der Waals surface area contributed by atoms with Crippen molar-refractivity contribution in [2.45, 2.75) is 50.3 Å². The van der Waals surface area contributed by atoms with Crippen LogP contribution in [0.1, 0.15) is 48.5 Å². The maximum Gasteiger partial charge on any atom is 0.289 e. The van der Waals surface area contributed by atoms with Crippen LogP contribution < -0.4 is 4.74 Å². The van der Waals surface area contributed by atoms with E-state index in [9.17, 15) is 18.0 Å². The van der Waals surface area contributed by atoms with E-state index in [-0.39, 0.29) is 23.3 Å². The van der Waals surface area contributed by atoms with Crippen molar-refractivity contribution in [1.82, 2.24) is 14.5 Å². The highest BCUT2D eigenvalue weighted by Gasteiger charge is 2.62. The van der Waals surface area contributed by atoms with Crippen molar-refractivity contribution in [1.29, 1.82) is 0 Å². The smallest absolute Gasteiger partial charge is 0.289 e. The van der Waals surface area contributed by atoms with E-state index in [2.05, 4.69) is 4.98 Å². The molecule has 1 spiro atoms. The van der Waals surface area contributed by atoms with Gasteiger partial charge in [-0.3, -0.25) is 4.79 Å². The van der Waals surface area contributed by atoms with Gasteiger partial charge in [0.1, 0.15) is 11.4 Å². The lowest BCUT2D eigenvalue weighted by Gasteiger charge is -2.41. The van der Waals surface area contributed by atoms with Crippen molar-refractivity contribution in [2.75, 3.05) is 7.11 Å². The van der Waals surface area contributed by atoms with Gasteiger partial charge in [-0.05, 0) is 74.1 Å². The Kier molecular flexibility index (Phi) is 5.14. The van der Waals surface area contributed by atoms with Crippen LogP contribution in [0.2, 0.25) is 0 Å². The van der Waals surface area contributed by atoms with E-state index in [0.29, 0.717) is 24.2 Å². The average Bonchev–Trinajstić information content (AvgIpc) is 3.26. The number of fused-ring (bicyclic) bond motifs is 2. The van der Waals surface area contributed by atoms with Crippen molar-refractivity contribution >= 4 is 12.0 Å². The zero-order valence-electron chi connectivity index (χ0n) is 19.8. The highest BCUT2D eigenvalue weighted by molar-refractivity contribution is 5.97. The number of benzene rings is 2. The second-order valence-corrected chi connectivity index (χ2v) is 9.65. The molecule has 2 unspecified atom stereocenters. The number of hydrogen-bond acceptors (Lipinski definition) is 4. The van der Waals surface area contributed by atoms with E-state index in [0.717, 1.165) is 36.4 Å². The quantitative estimate of drug-likeness (QED) is 0.367. The number of amides is 1. The van der Waals surface area contributed by atoms with E-state index >= 15 is 0 Å². The zero-order chi connectivity index (χ0) is 25.2. The number of imidazole rings is 1. The Morgan fingerprint density at radius 2 is 1.89 bits per heavy atom. The standard InChI is InChI=1S/C27H24F3N3O3/c1-15-13-32(14-31-15)21-4-3-16(9-22(21)35-2)10-23-26(34)33-20(5-6-24(33)27(36-23)7-8-27)17-11-18(28)25(30)19(29)12-17/h3-4,9-14,20,24H,5-8H2,1-2H3/b23-10-. The molecule has 1 amide bonds. The van der Waals surface area contributed by atoms with Crippen LogP contribution in [0.3, 0.4) is 0 Å². The number of rotatable bonds is 4. The fourth-order valence-electron chi connectivity index (χ4n) is 5.51. The lowest BCUT2D eigenvalue weighted by atomic mass is 10.0. The first-order chi connectivity index (χ1) is 17.3. The Balaban J connectivity index is 1.36. The van der Waals surface area contributed by atoms with E-state index in [4.69, 9.17) is 9.47 Å². The minimum absolute atomic E-state index is 0.173. The van der Waals surface area contributed by atoms with E-state index < -0.39 is 29.1 Å². The van der Waals surface area contributed by atoms with E-state index in [1.165, 1.54) is 0 Å². The second-order valence-electron chi connectivity index (χ2n) is 9.65. The first-order valence-corrected chi connectivity index (χ1v) is 11.9. The molecule has 0 N–H and O–H groups in total. The summed E-state index contributed by atoms with van der Waals surface area (Å²) in [6.07, 6.45) is 8.01. The molecule has 2 saturated heterocycles. The first kappa shape index (κ1) is 22.7. The second kappa shape index (κ2) is 8.15. The molecule has 1 aliphatic carbocycles. The molecule has 0 bridgehead atoms. The number of aryl methyl sites for hydroxylation is 1. The molecule has 36 heavy (non-hydrogen) atoms. The van der Waals surface area contributed by atoms with E-state index in [1.54, 1.807) is 24.4 Å². The number of hydrogen-bond donors (Lipinski definition) is 0. The molecule has 2 atom stereocenters. The maximum absolute atomic E-state index is 14.0. The fraction of sp³-hybridized carbons (Fsp3) is 0.333. The van der Waals surface area contributed by atoms with Gasteiger partial charge in [0, 0.05) is 6.20 Å². The summed E-state index contributed by atoms with van der Waals surface area (Å²) in [7, 11) is 1.57. The molecule has 2 aromatic carbocycles. The lowest BCUT2D eigenvalue weighted by Crippen LogP contribution is -2.52. The van der Waals surface area contributed by atoms with Gasteiger partial charge in [0.15, 0.2) is 23.2 Å². The monoisotopic (exact) mass is 495 g/mol. The van der Waals surface area contributed by atoms with Crippen LogP contribution in [0.15, 0.2) is 48.6 Å². The number of halogens is 3.